The Kier molecular flexibility index (Phi) is 4.66. The van der Waals surface area contributed by atoms with Gasteiger partial charge in [0.25, 0.3) is 0 Å². The molecule has 3 nitrogen and oxygen atoms in total. The van der Waals surface area contributed by atoms with Gasteiger partial charge in [0.05, 0.1) is 11.4 Å². The third kappa shape index (κ3) is 3.10. The van der Waals surface area contributed by atoms with Crippen LogP contribution in [0.15, 0.2) is 47.4 Å². The molecule has 0 saturated heterocycles. The van der Waals surface area contributed by atoms with Crippen LogP contribution in [-0.2, 0) is 9.84 Å². The molecule has 0 bridgehead atoms. The maximum Gasteiger partial charge on any atom is 0.191 e. The van der Waals surface area contributed by atoms with E-state index >= 15 is 0 Å². The van der Waals surface area contributed by atoms with Gasteiger partial charge in [0.2, 0.25) is 0 Å². The maximum atomic E-state index is 14.0. The van der Waals surface area contributed by atoms with E-state index in [4.69, 9.17) is 11.6 Å². The zero-order valence-electron chi connectivity index (χ0n) is 11.5. The van der Waals surface area contributed by atoms with Crippen LogP contribution in [0.5, 0.6) is 0 Å². The zero-order chi connectivity index (χ0) is 15.6. The minimum absolute atomic E-state index is 0.00311. The van der Waals surface area contributed by atoms with Gasteiger partial charge in [-0.25, -0.2) is 12.8 Å². The fraction of sp³-hybridized carbons (Fsp3) is 0.200. The lowest BCUT2D eigenvalue weighted by Gasteiger charge is -2.17. The first kappa shape index (κ1) is 15.9. The SMILES string of the molecule is Cc1ccc(S(=O)(=O)[C@@H](C[NH3+])c2c(F)cccc2Cl)cc1. The molecule has 2 aromatic rings. The number of benzene rings is 2. The highest BCUT2D eigenvalue weighted by atomic mass is 35.5. The van der Waals surface area contributed by atoms with Gasteiger partial charge in [-0.15, -0.1) is 0 Å². The van der Waals surface area contributed by atoms with Crippen molar-refractivity contribution in [3.05, 3.63) is 64.4 Å². The minimum Gasteiger partial charge on any atom is -0.356 e. The average Bonchev–Trinajstić information content (AvgIpc) is 2.43. The summed E-state index contributed by atoms with van der Waals surface area (Å²) in [5, 5.41) is -1.01. The summed E-state index contributed by atoms with van der Waals surface area (Å²) >= 11 is 5.99. The lowest BCUT2D eigenvalue weighted by Crippen LogP contribution is -2.54. The molecule has 112 valence electrons. The van der Waals surface area contributed by atoms with Crippen LogP contribution in [0.4, 0.5) is 4.39 Å². The number of halogens is 2. The van der Waals surface area contributed by atoms with Gasteiger partial charge in [0.15, 0.2) is 9.84 Å². The molecule has 0 radical (unpaired) electrons. The van der Waals surface area contributed by atoms with Gasteiger partial charge in [-0.1, -0.05) is 35.4 Å². The standard InChI is InChI=1S/C15H15ClFNO2S/c1-10-5-7-11(8-6-10)21(19,20)14(9-18)15-12(16)3-2-4-13(15)17/h2-8,14H,9,18H2,1H3/p+1/t14-/m0/s1. The number of aryl methyl sites for hydroxylation is 1. The summed E-state index contributed by atoms with van der Waals surface area (Å²) < 4.78 is 39.4. The van der Waals surface area contributed by atoms with Crippen molar-refractivity contribution < 1.29 is 18.5 Å². The van der Waals surface area contributed by atoms with Crippen LogP contribution >= 0.6 is 11.6 Å². The van der Waals surface area contributed by atoms with Gasteiger partial charge < -0.3 is 5.73 Å². The van der Waals surface area contributed by atoms with Gasteiger partial charge >= 0.3 is 0 Å². The summed E-state index contributed by atoms with van der Waals surface area (Å²) in [5.74, 6) is -0.633. The molecular formula is C15H16ClFNO2S+. The molecule has 1 atom stereocenters. The van der Waals surface area contributed by atoms with E-state index in [0.717, 1.165) is 5.56 Å². The van der Waals surface area contributed by atoms with E-state index < -0.39 is 20.9 Å². The number of rotatable bonds is 4. The van der Waals surface area contributed by atoms with Crippen LogP contribution in [0.25, 0.3) is 0 Å². The second-order valence-corrected chi connectivity index (χ2v) is 7.31. The topological polar surface area (TPSA) is 61.8 Å². The Balaban J connectivity index is 2.57. The maximum absolute atomic E-state index is 14.0. The van der Waals surface area contributed by atoms with Crippen LogP contribution in [-0.4, -0.2) is 15.0 Å². The van der Waals surface area contributed by atoms with Gasteiger partial charge in [0.1, 0.15) is 11.1 Å². The minimum atomic E-state index is -3.75. The summed E-state index contributed by atoms with van der Waals surface area (Å²) in [6.45, 7) is 1.86. The lowest BCUT2D eigenvalue weighted by molar-refractivity contribution is -0.367. The van der Waals surface area contributed by atoms with E-state index in [1.807, 2.05) is 6.92 Å². The summed E-state index contributed by atoms with van der Waals surface area (Å²) in [7, 11) is -3.75. The van der Waals surface area contributed by atoms with Crippen LogP contribution in [0, 0.1) is 12.7 Å². The number of hydrogen-bond acceptors (Lipinski definition) is 2. The van der Waals surface area contributed by atoms with Crippen molar-refractivity contribution in [3.8, 4) is 0 Å². The van der Waals surface area contributed by atoms with Crippen molar-refractivity contribution in [2.45, 2.75) is 17.1 Å². The summed E-state index contributed by atoms with van der Waals surface area (Å²) in [6.07, 6.45) is 0. The molecule has 0 unspecified atom stereocenters. The lowest BCUT2D eigenvalue weighted by atomic mass is 10.1. The molecule has 0 heterocycles. The Morgan fingerprint density at radius 2 is 1.81 bits per heavy atom. The van der Waals surface area contributed by atoms with Crippen molar-refractivity contribution in [1.82, 2.24) is 0 Å². The second-order valence-electron chi connectivity index (χ2n) is 4.77. The predicted octanol–water partition coefficient (Wildman–Crippen LogP) is 2.54. The first-order valence-electron chi connectivity index (χ1n) is 6.41. The highest BCUT2D eigenvalue weighted by Crippen LogP contribution is 2.34. The monoisotopic (exact) mass is 328 g/mol. The van der Waals surface area contributed by atoms with E-state index in [1.165, 1.54) is 30.3 Å². The molecule has 2 rings (SSSR count). The molecule has 21 heavy (non-hydrogen) atoms. The molecule has 0 aliphatic carbocycles. The van der Waals surface area contributed by atoms with Crippen LogP contribution in [0.3, 0.4) is 0 Å². The highest BCUT2D eigenvalue weighted by Gasteiger charge is 2.33. The summed E-state index contributed by atoms with van der Waals surface area (Å²) in [5.41, 5.74) is 4.58. The fourth-order valence-electron chi connectivity index (χ4n) is 2.17. The molecule has 6 heteroatoms. The summed E-state index contributed by atoms with van der Waals surface area (Å²) in [6, 6.07) is 10.6. The van der Waals surface area contributed by atoms with E-state index in [-0.39, 0.29) is 22.0 Å². The molecule has 0 spiro atoms. The van der Waals surface area contributed by atoms with Crippen molar-refractivity contribution in [2.75, 3.05) is 6.54 Å². The summed E-state index contributed by atoms with van der Waals surface area (Å²) in [4.78, 5) is 0.140. The smallest absolute Gasteiger partial charge is 0.191 e. The predicted molar refractivity (Wildman–Crippen MR) is 80.3 cm³/mol. The van der Waals surface area contributed by atoms with Gasteiger partial charge in [-0.05, 0) is 31.2 Å². The zero-order valence-corrected chi connectivity index (χ0v) is 13.1. The largest absolute Gasteiger partial charge is 0.356 e. The third-order valence-electron chi connectivity index (χ3n) is 3.31. The molecule has 2 aromatic carbocycles. The van der Waals surface area contributed by atoms with Crippen molar-refractivity contribution in [1.29, 1.82) is 0 Å². The van der Waals surface area contributed by atoms with Crippen molar-refractivity contribution >= 4 is 21.4 Å². The molecule has 0 fully saturated rings. The Morgan fingerprint density at radius 1 is 1.19 bits per heavy atom. The van der Waals surface area contributed by atoms with Crippen molar-refractivity contribution in [2.24, 2.45) is 0 Å². The van der Waals surface area contributed by atoms with E-state index in [9.17, 15) is 12.8 Å². The van der Waals surface area contributed by atoms with E-state index in [2.05, 4.69) is 5.73 Å². The molecule has 0 amide bonds. The number of quaternary nitrogens is 1. The van der Waals surface area contributed by atoms with E-state index in [1.54, 1.807) is 12.1 Å². The highest BCUT2D eigenvalue weighted by molar-refractivity contribution is 7.91. The molecular weight excluding hydrogens is 313 g/mol. The molecule has 0 saturated carbocycles. The molecule has 0 aliphatic heterocycles. The average molecular weight is 329 g/mol. The molecule has 3 N–H and O–H groups in total. The van der Waals surface area contributed by atoms with Crippen molar-refractivity contribution in [3.63, 3.8) is 0 Å². The Morgan fingerprint density at radius 3 is 2.33 bits per heavy atom. The van der Waals surface area contributed by atoms with Crippen LogP contribution in [0.2, 0.25) is 5.02 Å². The third-order valence-corrected chi connectivity index (χ3v) is 5.79. The number of sulfone groups is 1. The fourth-order valence-corrected chi connectivity index (χ4v) is 4.23. The molecule has 0 aromatic heterocycles. The molecule has 0 aliphatic rings. The van der Waals surface area contributed by atoms with Gasteiger partial charge in [-0.2, -0.15) is 0 Å². The van der Waals surface area contributed by atoms with E-state index in [0.29, 0.717) is 0 Å². The number of hydrogen-bond donors (Lipinski definition) is 1. The first-order valence-corrected chi connectivity index (χ1v) is 8.34. The Labute approximate surface area is 128 Å². The van der Waals surface area contributed by atoms with Crippen LogP contribution in [0.1, 0.15) is 16.4 Å². The first-order chi connectivity index (χ1) is 9.87. The normalized spacial score (nSPS) is 13.1. The van der Waals surface area contributed by atoms with Crippen LogP contribution < -0.4 is 5.73 Å². The second kappa shape index (κ2) is 6.13. The van der Waals surface area contributed by atoms with Gasteiger partial charge in [-0.3, -0.25) is 0 Å². The van der Waals surface area contributed by atoms with Gasteiger partial charge in [0, 0.05) is 10.6 Å². The quantitative estimate of drug-likeness (QED) is 0.937. The Hall–Kier alpha value is -1.43. The Bertz CT molecular complexity index is 725.